The topological polar surface area (TPSA) is 89.7 Å². The van der Waals surface area contributed by atoms with Crippen LogP contribution in [0.2, 0.25) is 0 Å². The molecule has 8 heteroatoms. The van der Waals surface area contributed by atoms with Crippen LogP contribution in [0.4, 0.5) is 10.8 Å². The van der Waals surface area contributed by atoms with Crippen LogP contribution in [0.15, 0.2) is 71.7 Å². The van der Waals surface area contributed by atoms with E-state index < -0.39 is 4.92 Å². The average molecular weight is 394 g/mol. The van der Waals surface area contributed by atoms with Gasteiger partial charge in [0.1, 0.15) is 12.4 Å². The number of benzene rings is 2. The number of non-ortho nitro benzene ring substituents is 1. The van der Waals surface area contributed by atoms with Crippen LogP contribution in [0.3, 0.4) is 0 Å². The van der Waals surface area contributed by atoms with Gasteiger partial charge in [-0.15, -0.1) is 11.3 Å². The van der Waals surface area contributed by atoms with E-state index in [1.54, 1.807) is 18.2 Å². The molecule has 3 aromatic rings. The van der Waals surface area contributed by atoms with E-state index in [9.17, 15) is 10.1 Å². The summed E-state index contributed by atoms with van der Waals surface area (Å²) < 4.78 is 5.47. The highest BCUT2D eigenvalue weighted by Crippen LogP contribution is 2.26. The number of nitrogens with zero attached hydrogens (tertiary/aromatic N) is 3. The summed E-state index contributed by atoms with van der Waals surface area (Å²) >= 11 is 1.41. The van der Waals surface area contributed by atoms with Gasteiger partial charge in [-0.05, 0) is 48.9 Å². The number of nitro groups is 1. The van der Waals surface area contributed by atoms with Gasteiger partial charge in [-0.1, -0.05) is 12.7 Å². The minimum Gasteiger partial charge on any atom is -0.490 e. The van der Waals surface area contributed by atoms with Gasteiger partial charge in [0.25, 0.3) is 5.69 Å². The number of nitrogens with one attached hydrogen (secondary N) is 1. The Kier molecular flexibility index (Phi) is 6.13. The minimum atomic E-state index is -0.423. The maximum atomic E-state index is 10.7. The molecule has 0 unspecified atom stereocenters. The van der Waals surface area contributed by atoms with E-state index in [4.69, 9.17) is 4.74 Å². The molecule has 2 aromatic carbocycles. The lowest BCUT2D eigenvalue weighted by Crippen LogP contribution is -2.00. The predicted octanol–water partition coefficient (Wildman–Crippen LogP) is 5.12. The van der Waals surface area contributed by atoms with Crippen molar-refractivity contribution < 1.29 is 9.66 Å². The van der Waals surface area contributed by atoms with Crippen molar-refractivity contribution in [3.63, 3.8) is 0 Å². The van der Waals surface area contributed by atoms with E-state index in [0.717, 1.165) is 28.3 Å². The molecule has 28 heavy (non-hydrogen) atoms. The first kappa shape index (κ1) is 19.2. The van der Waals surface area contributed by atoms with E-state index >= 15 is 0 Å². The Hall–Kier alpha value is -3.52. The normalized spacial score (nSPS) is 11.1. The lowest BCUT2D eigenvalue weighted by Gasteiger charge is -2.05. The molecule has 142 valence electrons. The monoisotopic (exact) mass is 394 g/mol. The molecule has 7 nitrogen and oxygen atoms in total. The zero-order valence-electron chi connectivity index (χ0n) is 15.2. The van der Waals surface area contributed by atoms with E-state index in [1.807, 2.05) is 36.6 Å². The summed E-state index contributed by atoms with van der Waals surface area (Å²) in [6.45, 7) is 5.99. The average Bonchev–Trinajstić information content (AvgIpc) is 3.20. The number of nitro benzene ring substituents is 1. The van der Waals surface area contributed by atoms with Crippen molar-refractivity contribution >= 4 is 27.9 Å². The van der Waals surface area contributed by atoms with E-state index in [0.29, 0.717) is 11.7 Å². The molecule has 3 rings (SSSR count). The molecule has 0 amide bonds. The van der Waals surface area contributed by atoms with Gasteiger partial charge in [0.2, 0.25) is 5.13 Å². The van der Waals surface area contributed by atoms with E-state index in [2.05, 4.69) is 22.1 Å². The van der Waals surface area contributed by atoms with Gasteiger partial charge in [-0.25, -0.2) is 4.98 Å². The van der Waals surface area contributed by atoms with E-state index in [-0.39, 0.29) is 5.69 Å². The lowest BCUT2D eigenvalue weighted by atomic mass is 10.1. The molecular formula is C20H18N4O3S. The van der Waals surface area contributed by atoms with Crippen LogP contribution >= 0.6 is 11.3 Å². The second kappa shape index (κ2) is 8.92. The van der Waals surface area contributed by atoms with Crippen LogP contribution in [0.1, 0.15) is 12.5 Å². The molecule has 0 aliphatic carbocycles. The van der Waals surface area contributed by atoms with Gasteiger partial charge in [0.15, 0.2) is 0 Å². The molecule has 0 aliphatic rings. The van der Waals surface area contributed by atoms with Crippen molar-refractivity contribution in [2.45, 2.75) is 6.92 Å². The van der Waals surface area contributed by atoms with Crippen molar-refractivity contribution in [1.29, 1.82) is 0 Å². The highest BCUT2D eigenvalue weighted by atomic mass is 32.1. The smallest absolute Gasteiger partial charge is 0.269 e. The number of hydrogen-bond donors (Lipinski definition) is 1. The summed E-state index contributed by atoms with van der Waals surface area (Å²) in [5.41, 5.74) is 6.33. The molecule has 0 saturated heterocycles. The fourth-order valence-electron chi connectivity index (χ4n) is 2.36. The van der Waals surface area contributed by atoms with Crippen molar-refractivity contribution in [1.82, 2.24) is 4.98 Å². The summed E-state index contributed by atoms with van der Waals surface area (Å²) in [4.78, 5) is 14.8. The summed E-state index contributed by atoms with van der Waals surface area (Å²) in [6, 6.07) is 13.9. The number of ether oxygens (including phenoxy) is 1. The maximum absolute atomic E-state index is 10.7. The molecule has 0 atom stereocenters. The Morgan fingerprint density at radius 1 is 1.29 bits per heavy atom. The Morgan fingerprint density at radius 3 is 2.64 bits per heavy atom. The van der Waals surface area contributed by atoms with Gasteiger partial charge in [0, 0.05) is 23.1 Å². The number of hydrogen-bond acceptors (Lipinski definition) is 7. The summed E-state index contributed by atoms with van der Waals surface area (Å²) in [5.74, 6) is 0.775. The Labute approximate surface area is 166 Å². The highest BCUT2D eigenvalue weighted by Gasteiger charge is 2.08. The van der Waals surface area contributed by atoms with Crippen LogP contribution in [0.5, 0.6) is 5.75 Å². The van der Waals surface area contributed by atoms with Crippen LogP contribution in [0.25, 0.3) is 11.3 Å². The third kappa shape index (κ3) is 4.80. The van der Waals surface area contributed by atoms with Gasteiger partial charge < -0.3 is 4.74 Å². The number of aromatic nitrogens is 1. The number of anilines is 1. The Bertz CT molecular complexity index is 995. The second-order valence-corrected chi connectivity index (χ2v) is 6.63. The van der Waals surface area contributed by atoms with Crippen LogP contribution in [0, 0.1) is 10.1 Å². The molecule has 0 spiro atoms. The molecular weight excluding hydrogens is 376 g/mol. The Morgan fingerprint density at radius 2 is 2.00 bits per heavy atom. The quantitative estimate of drug-likeness (QED) is 0.248. The lowest BCUT2D eigenvalue weighted by molar-refractivity contribution is -0.384. The van der Waals surface area contributed by atoms with Crippen LogP contribution in [-0.4, -0.2) is 22.2 Å². The fourth-order valence-corrected chi connectivity index (χ4v) is 3.02. The van der Waals surface area contributed by atoms with Gasteiger partial charge in [-0.3, -0.25) is 15.5 Å². The zero-order valence-corrected chi connectivity index (χ0v) is 16.0. The molecule has 0 fully saturated rings. The predicted molar refractivity (Wildman–Crippen MR) is 112 cm³/mol. The largest absolute Gasteiger partial charge is 0.490 e. The fraction of sp³-hybridized carbons (Fsp3) is 0.100. The van der Waals surface area contributed by atoms with Crippen molar-refractivity contribution in [3.05, 3.63) is 82.2 Å². The molecule has 1 aromatic heterocycles. The highest BCUT2D eigenvalue weighted by molar-refractivity contribution is 7.14. The molecule has 1 N–H and O–H groups in total. The number of hydrazone groups is 1. The second-order valence-electron chi connectivity index (χ2n) is 5.77. The summed E-state index contributed by atoms with van der Waals surface area (Å²) in [5, 5.41) is 17.6. The zero-order chi connectivity index (χ0) is 19.9. The van der Waals surface area contributed by atoms with Crippen molar-refractivity contribution in [2.24, 2.45) is 5.10 Å². The van der Waals surface area contributed by atoms with Crippen LogP contribution in [-0.2, 0) is 0 Å². The number of thiazole rings is 1. The third-order valence-electron chi connectivity index (χ3n) is 3.84. The maximum Gasteiger partial charge on any atom is 0.269 e. The van der Waals surface area contributed by atoms with Crippen LogP contribution < -0.4 is 10.2 Å². The first-order chi connectivity index (χ1) is 13.6. The number of rotatable bonds is 8. The van der Waals surface area contributed by atoms with Crippen molar-refractivity contribution in [3.8, 4) is 17.0 Å². The Balaban J connectivity index is 1.65. The molecule has 1 heterocycles. The standard InChI is InChI=1S/C20H18N4O3S/c1-3-12-27-18-10-6-15(7-11-18)14(2)22-23-20-21-19(13-28-20)16-4-8-17(9-5-16)24(25)26/h3-11,13H,1,12H2,2H3,(H,21,23)/b22-14-. The SMILES string of the molecule is C=CCOc1ccc(/C(C)=N\Nc2nc(-c3ccc([N+](=O)[O-])cc3)cs2)cc1. The first-order valence-electron chi connectivity index (χ1n) is 8.41. The molecule has 0 radical (unpaired) electrons. The molecule has 0 aliphatic heterocycles. The summed E-state index contributed by atoms with van der Waals surface area (Å²) in [6.07, 6.45) is 1.70. The molecule has 0 saturated carbocycles. The van der Waals surface area contributed by atoms with Gasteiger partial charge in [-0.2, -0.15) is 5.10 Å². The van der Waals surface area contributed by atoms with Crippen molar-refractivity contribution in [2.75, 3.05) is 12.0 Å². The van der Waals surface area contributed by atoms with Gasteiger partial charge in [0.05, 0.1) is 16.3 Å². The van der Waals surface area contributed by atoms with E-state index in [1.165, 1.54) is 23.5 Å². The molecule has 0 bridgehead atoms. The van der Waals surface area contributed by atoms with Gasteiger partial charge >= 0.3 is 0 Å². The summed E-state index contributed by atoms with van der Waals surface area (Å²) in [7, 11) is 0. The third-order valence-corrected chi connectivity index (χ3v) is 4.58. The minimum absolute atomic E-state index is 0.0541. The first-order valence-corrected chi connectivity index (χ1v) is 9.29.